The largest absolute Gasteiger partial charge is 0.486 e. The van der Waals surface area contributed by atoms with Gasteiger partial charge in [0.25, 0.3) is 0 Å². The van der Waals surface area contributed by atoms with Crippen LogP contribution in [-0.4, -0.2) is 24.7 Å². The van der Waals surface area contributed by atoms with E-state index in [1.54, 1.807) is 12.1 Å². The summed E-state index contributed by atoms with van der Waals surface area (Å²) in [6, 6.07) is 3.57. The Hall–Kier alpha value is -1.68. The van der Waals surface area contributed by atoms with Crippen LogP contribution in [0.1, 0.15) is 32.8 Å². The minimum absolute atomic E-state index is 0.132. The molecule has 1 N–H and O–H groups in total. The van der Waals surface area contributed by atoms with E-state index in [4.69, 9.17) is 21.1 Å². The number of halogens is 1. The van der Waals surface area contributed by atoms with Crippen molar-refractivity contribution in [2.45, 2.75) is 32.7 Å². The van der Waals surface area contributed by atoms with Crippen LogP contribution in [-0.2, 0) is 4.79 Å². The van der Waals surface area contributed by atoms with Gasteiger partial charge in [-0.1, -0.05) is 18.5 Å². The third-order valence-corrected chi connectivity index (χ3v) is 3.67. The van der Waals surface area contributed by atoms with Crippen LogP contribution < -0.4 is 14.8 Å². The number of carbonyl (C=O) groups is 1. The zero-order chi connectivity index (χ0) is 15.5. The van der Waals surface area contributed by atoms with Crippen LogP contribution in [0.15, 0.2) is 18.2 Å². The van der Waals surface area contributed by atoms with Gasteiger partial charge in [0, 0.05) is 11.6 Å². The molecule has 0 saturated heterocycles. The first-order valence-electron chi connectivity index (χ1n) is 7.00. The summed E-state index contributed by atoms with van der Waals surface area (Å²) in [6.45, 7) is 7.00. The number of amides is 1. The summed E-state index contributed by atoms with van der Waals surface area (Å²) in [6.07, 6.45) is 4.08. The highest BCUT2D eigenvalue weighted by Gasteiger charge is 2.17. The van der Waals surface area contributed by atoms with Crippen LogP contribution in [0.3, 0.4) is 0 Å². The first-order valence-corrected chi connectivity index (χ1v) is 7.38. The van der Waals surface area contributed by atoms with Gasteiger partial charge in [0.1, 0.15) is 13.2 Å². The Balaban J connectivity index is 2.11. The average Bonchev–Trinajstić information content (AvgIpc) is 2.45. The number of ether oxygens (including phenoxy) is 2. The third-order valence-electron chi connectivity index (χ3n) is 3.39. The molecule has 0 spiro atoms. The number of hydrogen-bond donors (Lipinski definition) is 1. The highest BCUT2D eigenvalue weighted by molar-refractivity contribution is 6.32. The summed E-state index contributed by atoms with van der Waals surface area (Å²) >= 11 is 6.15. The van der Waals surface area contributed by atoms with E-state index in [1.807, 2.05) is 26.8 Å². The van der Waals surface area contributed by atoms with Crippen molar-refractivity contribution in [1.82, 2.24) is 5.32 Å². The van der Waals surface area contributed by atoms with E-state index < -0.39 is 0 Å². The lowest BCUT2D eigenvalue weighted by molar-refractivity contribution is -0.117. The van der Waals surface area contributed by atoms with Crippen LogP contribution in [0.4, 0.5) is 0 Å². The van der Waals surface area contributed by atoms with Crippen LogP contribution in [0.5, 0.6) is 11.5 Å². The van der Waals surface area contributed by atoms with Gasteiger partial charge in [0.15, 0.2) is 11.5 Å². The van der Waals surface area contributed by atoms with Crippen molar-refractivity contribution >= 4 is 23.6 Å². The third kappa shape index (κ3) is 4.14. The number of hydrogen-bond acceptors (Lipinski definition) is 3. The van der Waals surface area contributed by atoms with E-state index in [-0.39, 0.29) is 11.4 Å². The smallest absolute Gasteiger partial charge is 0.244 e. The van der Waals surface area contributed by atoms with Crippen LogP contribution in [0, 0.1) is 0 Å². The second kappa shape index (κ2) is 6.39. The first kappa shape index (κ1) is 15.7. The molecule has 1 heterocycles. The molecule has 0 radical (unpaired) electrons. The summed E-state index contributed by atoms with van der Waals surface area (Å²) < 4.78 is 11.0. The summed E-state index contributed by atoms with van der Waals surface area (Å²) in [7, 11) is 0. The highest BCUT2D eigenvalue weighted by Crippen LogP contribution is 2.38. The normalized spacial score (nSPS) is 14.3. The van der Waals surface area contributed by atoms with Gasteiger partial charge >= 0.3 is 0 Å². The quantitative estimate of drug-likeness (QED) is 0.867. The summed E-state index contributed by atoms with van der Waals surface area (Å²) in [5, 5.41) is 3.43. The van der Waals surface area contributed by atoms with Gasteiger partial charge in [0.05, 0.1) is 5.02 Å². The maximum absolute atomic E-state index is 11.9. The van der Waals surface area contributed by atoms with Crippen molar-refractivity contribution in [3.05, 3.63) is 28.8 Å². The van der Waals surface area contributed by atoms with Crippen LogP contribution >= 0.6 is 11.6 Å². The minimum Gasteiger partial charge on any atom is -0.486 e. The fraction of sp³-hybridized carbons (Fsp3) is 0.438. The fourth-order valence-corrected chi connectivity index (χ4v) is 2.14. The van der Waals surface area contributed by atoms with Crippen molar-refractivity contribution in [2.24, 2.45) is 0 Å². The predicted octanol–water partition coefficient (Wildman–Crippen LogP) is 3.43. The molecule has 1 aromatic carbocycles. The molecular weight excluding hydrogens is 290 g/mol. The van der Waals surface area contributed by atoms with Crippen LogP contribution in [0.25, 0.3) is 6.08 Å². The number of rotatable bonds is 4. The maximum Gasteiger partial charge on any atom is 0.244 e. The topological polar surface area (TPSA) is 47.6 Å². The van der Waals surface area contributed by atoms with Crippen LogP contribution in [0.2, 0.25) is 5.02 Å². The van der Waals surface area contributed by atoms with E-state index in [1.165, 1.54) is 6.08 Å². The molecule has 1 amide bonds. The molecule has 114 valence electrons. The molecule has 5 heteroatoms. The molecule has 2 rings (SSSR count). The van der Waals surface area contributed by atoms with Gasteiger partial charge in [0.2, 0.25) is 5.91 Å². The number of nitrogens with one attached hydrogen (secondary N) is 1. The second-order valence-electron chi connectivity index (χ2n) is 5.59. The van der Waals surface area contributed by atoms with Crippen molar-refractivity contribution in [1.29, 1.82) is 0 Å². The molecule has 1 aliphatic rings. The van der Waals surface area contributed by atoms with E-state index in [9.17, 15) is 4.79 Å². The molecule has 0 bridgehead atoms. The zero-order valence-corrected chi connectivity index (χ0v) is 13.3. The monoisotopic (exact) mass is 309 g/mol. The van der Waals surface area contributed by atoms with Crippen molar-refractivity contribution in [2.75, 3.05) is 13.2 Å². The lowest BCUT2D eigenvalue weighted by Crippen LogP contribution is -2.41. The van der Waals surface area contributed by atoms with Gasteiger partial charge in [-0.15, -0.1) is 0 Å². The Kier molecular flexibility index (Phi) is 4.78. The van der Waals surface area contributed by atoms with Gasteiger partial charge < -0.3 is 14.8 Å². The number of fused-ring (bicyclic) bond motifs is 1. The lowest BCUT2D eigenvalue weighted by atomic mass is 10.0. The molecule has 0 fully saturated rings. The number of carbonyl (C=O) groups excluding carboxylic acids is 1. The minimum atomic E-state index is -0.216. The molecular formula is C16H20ClNO3. The fourth-order valence-electron chi connectivity index (χ4n) is 1.86. The molecule has 0 saturated carbocycles. The lowest BCUT2D eigenvalue weighted by Gasteiger charge is -2.23. The highest BCUT2D eigenvalue weighted by atomic mass is 35.5. The van der Waals surface area contributed by atoms with Crippen molar-refractivity contribution in [3.8, 4) is 11.5 Å². The van der Waals surface area contributed by atoms with Gasteiger partial charge in [-0.2, -0.15) is 0 Å². The van der Waals surface area contributed by atoms with Gasteiger partial charge in [-0.25, -0.2) is 0 Å². The molecule has 4 nitrogen and oxygen atoms in total. The van der Waals surface area contributed by atoms with Crippen molar-refractivity contribution < 1.29 is 14.3 Å². The zero-order valence-electron chi connectivity index (χ0n) is 12.5. The van der Waals surface area contributed by atoms with E-state index >= 15 is 0 Å². The van der Waals surface area contributed by atoms with E-state index in [2.05, 4.69) is 5.32 Å². The summed E-state index contributed by atoms with van der Waals surface area (Å²) in [5.41, 5.74) is 0.583. The Morgan fingerprint density at radius 2 is 2.10 bits per heavy atom. The molecule has 1 aromatic rings. The maximum atomic E-state index is 11.9. The molecule has 0 unspecified atom stereocenters. The Morgan fingerprint density at radius 1 is 1.38 bits per heavy atom. The Bertz CT molecular complexity index is 567. The molecule has 0 atom stereocenters. The molecule has 0 aromatic heterocycles. The summed E-state index contributed by atoms with van der Waals surface area (Å²) in [5.74, 6) is 1.05. The molecule has 1 aliphatic heterocycles. The van der Waals surface area contributed by atoms with E-state index in [0.29, 0.717) is 29.7 Å². The molecule has 21 heavy (non-hydrogen) atoms. The second-order valence-corrected chi connectivity index (χ2v) is 5.99. The van der Waals surface area contributed by atoms with Gasteiger partial charge in [-0.3, -0.25) is 4.79 Å². The summed E-state index contributed by atoms with van der Waals surface area (Å²) in [4.78, 5) is 11.9. The number of benzene rings is 1. The van der Waals surface area contributed by atoms with E-state index in [0.717, 1.165) is 12.0 Å². The Morgan fingerprint density at radius 3 is 2.81 bits per heavy atom. The van der Waals surface area contributed by atoms with Crippen molar-refractivity contribution in [3.63, 3.8) is 0 Å². The standard InChI is InChI=1S/C16H20ClNO3/c1-4-16(2,3)18-14(19)6-5-11-9-12(17)15-13(10-11)20-7-8-21-15/h5-6,9-10H,4,7-8H2,1-3H3,(H,18,19). The Labute approximate surface area is 130 Å². The average molecular weight is 310 g/mol. The SMILES string of the molecule is CCC(C)(C)NC(=O)C=Cc1cc(Cl)c2c(c1)OCCO2. The first-order chi connectivity index (χ1) is 9.91. The van der Waals surface area contributed by atoms with Gasteiger partial charge in [-0.05, 0) is 44.0 Å². The predicted molar refractivity (Wildman–Crippen MR) is 84.0 cm³/mol. The molecule has 0 aliphatic carbocycles.